The van der Waals surface area contributed by atoms with Gasteiger partial charge in [-0.2, -0.15) is 0 Å². The molecule has 3 rings (SSSR count). The first kappa shape index (κ1) is 13.5. The van der Waals surface area contributed by atoms with Crippen LogP contribution in [0.25, 0.3) is 0 Å². The Morgan fingerprint density at radius 1 is 1.10 bits per heavy atom. The molecule has 0 aromatic heterocycles. The maximum atomic E-state index is 12.3. The van der Waals surface area contributed by atoms with E-state index in [1.54, 1.807) is 0 Å². The summed E-state index contributed by atoms with van der Waals surface area (Å²) >= 11 is 0. The third kappa shape index (κ3) is 2.97. The normalized spacial score (nSPS) is 32.8. The van der Waals surface area contributed by atoms with Crippen LogP contribution in [0.3, 0.4) is 0 Å². The van der Waals surface area contributed by atoms with Crippen LogP contribution in [0, 0.1) is 11.8 Å². The topological polar surface area (TPSA) is 32.3 Å². The van der Waals surface area contributed by atoms with Crippen LogP contribution in [0.4, 0.5) is 4.79 Å². The number of nitrogens with zero attached hydrogens (tertiary/aromatic N) is 1. The minimum atomic E-state index is 0.131. The first-order valence-corrected chi connectivity index (χ1v) is 7.74. The predicted octanol–water partition coefficient (Wildman–Crippen LogP) is 3.23. The molecule has 20 heavy (non-hydrogen) atoms. The molecule has 108 valence electrons. The van der Waals surface area contributed by atoms with Crippen LogP contribution in [-0.4, -0.2) is 30.1 Å². The lowest BCUT2D eigenvalue weighted by molar-refractivity contribution is 0.145. The standard InChI is InChI=1S/C17H24N2O/c1-12-8-13(2)11-19(10-12)17(20)18-16-9-15(16)14-6-4-3-5-7-14/h3-7,12-13,15-16H,8-11H2,1-2H3,(H,18,20). The molecule has 1 saturated carbocycles. The Kier molecular flexibility index (Phi) is 3.68. The highest BCUT2D eigenvalue weighted by molar-refractivity contribution is 5.75. The van der Waals surface area contributed by atoms with Crippen LogP contribution < -0.4 is 5.32 Å². The van der Waals surface area contributed by atoms with E-state index in [0.29, 0.717) is 23.8 Å². The highest BCUT2D eigenvalue weighted by Gasteiger charge is 2.40. The fourth-order valence-corrected chi connectivity index (χ4v) is 3.50. The second-order valence-corrected chi connectivity index (χ2v) is 6.66. The first-order valence-electron chi connectivity index (χ1n) is 7.74. The van der Waals surface area contributed by atoms with Crippen LogP contribution in [0.15, 0.2) is 30.3 Å². The van der Waals surface area contributed by atoms with Gasteiger partial charge in [-0.3, -0.25) is 0 Å². The Bertz CT molecular complexity index is 463. The van der Waals surface area contributed by atoms with Gasteiger partial charge in [-0.15, -0.1) is 0 Å². The number of hydrogen-bond acceptors (Lipinski definition) is 1. The summed E-state index contributed by atoms with van der Waals surface area (Å²) in [5.41, 5.74) is 1.35. The van der Waals surface area contributed by atoms with Gasteiger partial charge in [0.2, 0.25) is 0 Å². The molecule has 0 spiro atoms. The minimum absolute atomic E-state index is 0.131. The summed E-state index contributed by atoms with van der Waals surface area (Å²) in [7, 11) is 0. The van der Waals surface area contributed by atoms with Crippen LogP contribution in [0.5, 0.6) is 0 Å². The number of benzene rings is 1. The monoisotopic (exact) mass is 272 g/mol. The van der Waals surface area contributed by atoms with Gasteiger partial charge >= 0.3 is 6.03 Å². The van der Waals surface area contributed by atoms with E-state index in [4.69, 9.17) is 0 Å². The van der Waals surface area contributed by atoms with Gasteiger partial charge in [-0.1, -0.05) is 44.2 Å². The molecule has 0 radical (unpaired) electrons. The van der Waals surface area contributed by atoms with E-state index in [1.807, 2.05) is 11.0 Å². The summed E-state index contributed by atoms with van der Waals surface area (Å²) in [5, 5.41) is 3.20. The summed E-state index contributed by atoms with van der Waals surface area (Å²) in [6.45, 7) is 6.28. The SMILES string of the molecule is CC1CC(C)CN(C(=O)NC2CC2c2ccccc2)C1. The summed E-state index contributed by atoms with van der Waals surface area (Å²) in [6.07, 6.45) is 2.31. The van der Waals surface area contributed by atoms with Crippen molar-refractivity contribution in [3.8, 4) is 0 Å². The van der Waals surface area contributed by atoms with Crippen LogP contribution >= 0.6 is 0 Å². The van der Waals surface area contributed by atoms with Gasteiger partial charge in [0.05, 0.1) is 0 Å². The molecule has 2 aliphatic rings. The number of urea groups is 1. The molecule has 1 N–H and O–H groups in total. The van der Waals surface area contributed by atoms with E-state index in [9.17, 15) is 4.79 Å². The smallest absolute Gasteiger partial charge is 0.317 e. The zero-order valence-corrected chi connectivity index (χ0v) is 12.4. The fourth-order valence-electron chi connectivity index (χ4n) is 3.50. The Morgan fingerprint density at radius 3 is 2.40 bits per heavy atom. The lowest BCUT2D eigenvalue weighted by Gasteiger charge is -2.35. The Morgan fingerprint density at radius 2 is 1.75 bits per heavy atom. The van der Waals surface area contributed by atoms with E-state index >= 15 is 0 Å². The van der Waals surface area contributed by atoms with Crippen molar-refractivity contribution in [2.75, 3.05) is 13.1 Å². The Hall–Kier alpha value is -1.51. The van der Waals surface area contributed by atoms with Gasteiger partial charge in [0, 0.05) is 25.0 Å². The largest absolute Gasteiger partial charge is 0.335 e. The van der Waals surface area contributed by atoms with Gasteiger partial charge in [-0.05, 0) is 30.2 Å². The third-order valence-electron chi connectivity index (χ3n) is 4.48. The molecule has 4 unspecified atom stereocenters. The molecule has 1 saturated heterocycles. The lowest BCUT2D eigenvalue weighted by Crippen LogP contribution is -2.48. The molecule has 1 aliphatic carbocycles. The number of carbonyl (C=O) groups excluding carboxylic acids is 1. The average Bonchev–Trinajstić information content (AvgIpc) is 3.18. The highest BCUT2D eigenvalue weighted by Crippen LogP contribution is 2.40. The van der Waals surface area contributed by atoms with Crippen LogP contribution in [-0.2, 0) is 0 Å². The van der Waals surface area contributed by atoms with E-state index in [1.165, 1.54) is 12.0 Å². The zero-order chi connectivity index (χ0) is 14.1. The first-order chi connectivity index (χ1) is 9.63. The number of rotatable bonds is 2. The molecule has 4 atom stereocenters. The van der Waals surface area contributed by atoms with Crippen molar-refractivity contribution >= 4 is 6.03 Å². The van der Waals surface area contributed by atoms with Crippen LogP contribution in [0.1, 0.15) is 38.2 Å². The quantitative estimate of drug-likeness (QED) is 0.880. The summed E-state index contributed by atoms with van der Waals surface area (Å²) in [4.78, 5) is 14.3. The summed E-state index contributed by atoms with van der Waals surface area (Å²) in [6, 6.07) is 10.9. The van der Waals surface area contributed by atoms with E-state index in [0.717, 1.165) is 19.5 Å². The molecule has 1 heterocycles. The number of amides is 2. The van der Waals surface area contributed by atoms with E-state index in [-0.39, 0.29) is 6.03 Å². The van der Waals surface area contributed by atoms with Gasteiger partial charge in [0.25, 0.3) is 0 Å². The van der Waals surface area contributed by atoms with Crippen LogP contribution in [0.2, 0.25) is 0 Å². The van der Waals surface area contributed by atoms with Crippen molar-refractivity contribution in [2.45, 2.75) is 38.6 Å². The summed E-state index contributed by atoms with van der Waals surface area (Å²) in [5.74, 6) is 1.75. The molecule has 1 aliphatic heterocycles. The highest BCUT2D eigenvalue weighted by atomic mass is 16.2. The summed E-state index contributed by atoms with van der Waals surface area (Å²) < 4.78 is 0. The number of likely N-dealkylation sites (tertiary alicyclic amines) is 1. The minimum Gasteiger partial charge on any atom is -0.335 e. The maximum Gasteiger partial charge on any atom is 0.317 e. The van der Waals surface area contributed by atoms with Gasteiger partial charge in [0.15, 0.2) is 0 Å². The van der Waals surface area contributed by atoms with Crippen molar-refractivity contribution in [2.24, 2.45) is 11.8 Å². The number of hydrogen-bond donors (Lipinski definition) is 1. The molecule has 3 nitrogen and oxygen atoms in total. The average molecular weight is 272 g/mol. The maximum absolute atomic E-state index is 12.3. The van der Waals surface area contributed by atoms with Crippen molar-refractivity contribution in [3.63, 3.8) is 0 Å². The lowest BCUT2D eigenvalue weighted by atomic mass is 9.92. The molecule has 1 aromatic rings. The number of nitrogens with one attached hydrogen (secondary N) is 1. The fraction of sp³-hybridized carbons (Fsp3) is 0.588. The van der Waals surface area contributed by atoms with Crippen molar-refractivity contribution in [1.82, 2.24) is 10.2 Å². The second-order valence-electron chi connectivity index (χ2n) is 6.66. The van der Waals surface area contributed by atoms with Crippen molar-refractivity contribution in [1.29, 1.82) is 0 Å². The molecular formula is C17H24N2O. The predicted molar refractivity (Wildman–Crippen MR) is 80.6 cm³/mol. The number of carbonyl (C=O) groups is 1. The van der Waals surface area contributed by atoms with Crippen molar-refractivity contribution < 1.29 is 4.79 Å². The molecule has 3 heteroatoms. The van der Waals surface area contributed by atoms with E-state index in [2.05, 4.69) is 43.4 Å². The molecule has 1 aromatic carbocycles. The molecular weight excluding hydrogens is 248 g/mol. The third-order valence-corrected chi connectivity index (χ3v) is 4.48. The van der Waals surface area contributed by atoms with Crippen molar-refractivity contribution in [3.05, 3.63) is 35.9 Å². The van der Waals surface area contributed by atoms with E-state index < -0.39 is 0 Å². The Balaban J connectivity index is 1.53. The Labute approximate surface area is 121 Å². The molecule has 0 bridgehead atoms. The second kappa shape index (κ2) is 5.47. The van der Waals surface area contributed by atoms with Gasteiger partial charge in [0.1, 0.15) is 0 Å². The van der Waals surface area contributed by atoms with Gasteiger partial charge < -0.3 is 10.2 Å². The van der Waals surface area contributed by atoms with Gasteiger partial charge in [-0.25, -0.2) is 4.79 Å². The zero-order valence-electron chi connectivity index (χ0n) is 12.4. The molecule has 2 fully saturated rings. The number of piperidine rings is 1. The molecule has 2 amide bonds.